The molecule has 5 nitrogen and oxygen atoms in total. The highest BCUT2D eigenvalue weighted by Crippen LogP contribution is 2.18. The molecule has 1 amide bonds. The number of ether oxygens (including phenoxy) is 2. The Hall–Kier alpha value is -2.53. The van der Waals surface area contributed by atoms with Gasteiger partial charge < -0.3 is 20.1 Å². The molecule has 1 fully saturated rings. The summed E-state index contributed by atoms with van der Waals surface area (Å²) in [6.07, 6.45) is 1.44. The Morgan fingerprint density at radius 3 is 2.46 bits per heavy atom. The molecular weight excluding hydrogens is 304 g/mol. The van der Waals surface area contributed by atoms with E-state index in [9.17, 15) is 4.79 Å². The van der Waals surface area contributed by atoms with Crippen LogP contribution in [0.4, 0.5) is 11.4 Å². The molecule has 0 saturated carbocycles. The topological polar surface area (TPSA) is 59.6 Å². The zero-order valence-electron chi connectivity index (χ0n) is 13.7. The van der Waals surface area contributed by atoms with E-state index >= 15 is 0 Å². The molecule has 5 heteroatoms. The van der Waals surface area contributed by atoms with Crippen molar-refractivity contribution in [1.82, 2.24) is 0 Å². The summed E-state index contributed by atoms with van der Waals surface area (Å²) in [7, 11) is 1.66. The van der Waals surface area contributed by atoms with E-state index in [-0.39, 0.29) is 12.0 Å². The molecule has 0 aromatic heterocycles. The summed E-state index contributed by atoms with van der Waals surface area (Å²) in [6.45, 7) is 1.40. The van der Waals surface area contributed by atoms with E-state index in [1.165, 1.54) is 5.56 Å². The van der Waals surface area contributed by atoms with E-state index in [1.54, 1.807) is 7.11 Å². The van der Waals surface area contributed by atoms with Crippen LogP contribution in [0, 0.1) is 0 Å². The number of benzene rings is 2. The Morgan fingerprint density at radius 2 is 1.83 bits per heavy atom. The lowest BCUT2D eigenvalue weighted by Gasteiger charge is -2.11. The summed E-state index contributed by atoms with van der Waals surface area (Å²) in [5.74, 6) is 0.788. The van der Waals surface area contributed by atoms with Crippen LogP contribution < -0.4 is 15.4 Å². The molecule has 126 valence electrons. The molecule has 24 heavy (non-hydrogen) atoms. The monoisotopic (exact) mass is 326 g/mol. The van der Waals surface area contributed by atoms with Crippen LogP contribution in [0.25, 0.3) is 0 Å². The molecule has 0 bridgehead atoms. The van der Waals surface area contributed by atoms with Crippen molar-refractivity contribution >= 4 is 17.3 Å². The van der Waals surface area contributed by atoms with Gasteiger partial charge in [-0.3, -0.25) is 4.79 Å². The fourth-order valence-electron chi connectivity index (χ4n) is 2.63. The number of rotatable bonds is 6. The molecule has 1 aliphatic rings. The van der Waals surface area contributed by atoms with E-state index in [4.69, 9.17) is 9.47 Å². The summed E-state index contributed by atoms with van der Waals surface area (Å²) in [5.41, 5.74) is 2.96. The minimum absolute atomic E-state index is 0.0635. The molecule has 2 aromatic carbocycles. The molecule has 1 atom stereocenters. The molecule has 2 aromatic rings. The average Bonchev–Trinajstić information content (AvgIpc) is 3.16. The molecule has 3 rings (SSSR count). The first-order valence-corrected chi connectivity index (χ1v) is 8.14. The van der Waals surface area contributed by atoms with Gasteiger partial charge in [-0.2, -0.15) is 0 Å². The zero-order valence-corrected chi connectivity index (χ0v) is 13.7. The predicted octanol–water partition coefficient (Wildman–Crippen LogP) is 3.42. The van der Waals surface area contributed by atoms with E-state index < -0.39 is 0 Å². The van der Waals surface area contributed by atoms with Crippen LogP contribution in [0.1, 0.15) is 18.4 Å². The predicted molar refractivity (Wildman–Crippen MR) is 94.4 cm³/mol. The number of hydrogen-bond donors (Lipinski definition) is 2. The summed E-state index contributed by atoms with van der Waals surface area (Å²) in [4.78, 5) is 12.0. The van der Waals surface area contributed by atoms with Crippen molar-refractivity contribution in [2.24, 2.45) is 0 Å². The number of carbonyl (C=O) groups is 1. The number of nitrogens with one attached hydrogen (secondary N) is 2. The first-order chi connectivity index (χ1) is 11.7. The summed E-state index contributed by atoms with van der Waals surface area (Å²) < 4.78 is 10.5. The Labute approximate surface area is 142 Å². The van der Waals surface area contributed by atoms with Gasteiger partial charge >= 0.3 is 0 Å². The van der Waals surface area contributed by atoms with Gasteiger partial charge in [-0.25, -0.2) is 0 Å². The van der Waals surface area contributed by atoms with Crippen LogP contribution in [-0.2, 0) is 16.1 Å². The molecular formula is C19H22N2O3. The second-order valence-corrected chi connectivity index (χ2v) is 5.77. The van der Waals surface area contributed by atoms with Gasteiger partial charge in [-0.1, -0.05) is 12.1 Å². The fraction of sp³-hybridized carbons (Fsp3) is 0.316. The summed E-state index contributed by atoms with van der Waals surface area (Å²) in [5, 5.41) is 6.25. The molecule has 0 radical (unpaired) electrons. The molecule has 2 N–H and O–H groups in total. The van der Waals surface area contributed by atoms with Gasteiger partial charge in [-0.05, 0) is 54.8 Å². The van der Waals surface area contributed by atoms with Crippen molar-refractivity contribution in [2.75, 3.05) is 24.4 Å². The van der Waals surface area contributed by atoms with Crippen LogP contribution in [-0.4, -0.2) is 25.7 Å². The van der Waals surface area contributed by atoms with Crippen molar-refractivity contribution in [3.63, 3.8) is 0 Å². The Balaban J connectivity index is 1.51. The lowest BCUT2D eigenvalue weighted by Crippen LogP contribution is -2.26. The summed E-state index contributed by atoms with van der Waals surface area (Å²) >= 11 is 0. The number of carbonyl (C=O) groups excluding carboxylic acids is 1. The van der Waals surface area contributed by atoms with Crippen molar-refractivity contribution < 1.29 is 14.3 Å². The third-order valence-corrected chi connectivity index (χ3v) is 4.03. The standard InChI is InChI=1S/C19H22N2O3/c1-23-17-10-4-14(5-11-17)13-20-15-6-8-16(9-7-15)21-19(22)18-3-2-12-24-18/h4-11,18,20H,2-3,12-13H2,1H3,(H,21,22). The van der Waals surface area contributed by atoms with Crippen molar-refractivity contribution in [3.05, 3.63) is 54.1 Å². The first kappa shape index (κ1) is 16.3. The van der Waals surface area contributed by atoms with E-state index in [0.29, 0.717) is 6.61 Å². The first-order valence-electron chi connectivity index (χ1n) is 8.14. The summed E-state index contributed by atoms with van der Waals surface area (Å²) in [6, 6.07) is 15.6. The number of methoxy groups -OCH3 is 1. The lowest BCUT2D eigenvalue weighted by atomic mass is 10.2. The SMILES string of the molecule is COc1ccc(CNc2ccc(NC(=O)C3CCCO3)cc2)cc1. The van der Waals surface area contributed by atoms with Crippen LogP contribution >= 0.6 is 0 Å². The number of hydrogen-bond acceptors (Lipinski definition) is 4. The third kappa shape index (κ3) is 4.26. The smallest absolute Gasteiger partial charge is 0.253 e. The molecule has 1 saturated heterocycles. The normalized spacial score (nSPS) is 16.6. The second-order valence-electron chi connectivity index (χ2n) is 5.77. The fourth-order valence-corrected chi connectivity index (χ4v) is 2.63. The van der Waals surface area contributed by atoms with Crippen LogP contribution in [0.15, 0.2) is 48.5 Å². The van der Waals surface area contributed by atoms with E-state index in [2.05, 4.69) is 10.6 Å². The van der Waals surface area contributed by atoms with Gasteiger partial charge in [0.25, 0.3) is 5.91 Å². The maximum Gasteiger partial charge on any atom is 0.253 e. The van der Waals surface area contributed by atoms with Gasteiger partial charge in [0.15, 0.2) is 0 Å². The van der Waals surface area contributed by atoms with Crippen LogP contribution in [0.5, 0.6) is 5.75 Å². The number of anilines is 2. The maximum atomic E-state index is 12.0. The minimum Gasteiger partial charge on any atom is -0.497 e. The lowest BCUT2D eigenvalue weighted by molar-refractivity contribution is -0.124. The van der Waals surface area contributed by atoms with Crippen molar-refractivity contribution in [2.45, 2.75) is 25.5 Å². The molecule has 0 aliphatic carbocycles. The average molecular weight is 326 g/mol. The number of amides is 1. The van der Waals surface area contributed by atoms with Gasteiger partial charge in [0.05, 0.1) is 7.11 Å². The molecule has 1 aliphatic heterocycles. The van der Waals surface area contributed by atoms with E-state index in [1.807, 2.05) is 48.5 Å². The highest BCUT2D eigenvalue weighted by molar-refractivity contribution is 5.94. The van der Waals surface area contributed by atoms with Gasteiger partial charge in [0.2, 0.25) is 0 Å². The van der Waals surface area contributed by atoms with E-state index in [0.717, 1.165) is 36.5 Å². The molecule has 1 unspecified atom stereocenters. The highest BCUT2D eigenvalue weighted by atomic mass is 16.5. The highest BCUT2D eigenvalue weighted by Gasteiger charge is 2.23. The van der Waals surface area contributed by atoms with Crippen LogP contribution in [0.3, 0.4) is 0 Å². The van der Waals surface area contributed by atoms with Crippen LogP contribution in [0.2, 0.25) is 0 Å². The van der Waals surface area contributed by atoms with Gasteiger partial charge in [0, 0.05) is 24.5 Å². The Kier molecular flexibility index (Phi) is 5.33. The maximum absolute atomic E-state index is 12.0. The second kappa shape index (κ2) is 7.84. The Morgan fingerprint density at radius 1 is 1.12 bits per heavy atom. The van der Waals surface area contributed by atoms with Crippen molar-refractivity contribution in [1.29, 1.82) is 0 Å². The minimum atomic E-state index is -0.308. The van der Waals surface area contributed by atoms with Gasteiger partial charge in [-0.15, -0.1) is 0 Å². The zero-order chi connectivity index (χ0) is 16.8. The largest absolute Gasteiger partial charge is 0.497 e. The Bertz CT molecular complexity index is 662. The van der Waals surface area contributed by atoms with Gasteiger partial charge in [0.1, 0.15) is 11.9 Å². The molecule has 0 spiro atoms. The molecule has 1 heterocycles. The third-order valence-electron chi connectivity index (χ3n) is 4.03. The van der Waals surface area contributed by atoms with Crippen molar-refractivity contribution in [3.8, 4) is 5.75 Å². The quantitative estimate of drug-likeness (QED) is 0.854.